The van der Waals surface area contributed by atoms with Crippen molar-refractivity contribution in [2.45, 2.75) is 0 Å². The summed E-state index contributed by atoms with van der Waals surface area (Å²) in [6, 6.07) is 6.20. The second-order valence-corrected chi connectivity index (χ2v) is 4.53. The van der Waals surface area contributed by atoms with Gasteiger partial charge >= 0.3 is 0 Å². The molecule has 2 aromatic rings. The van der Waals surface area contributed by atoms with Crippen molar-refractivity contribution in [3.8, 4) is 0 Å². The molecule has 0 atom stereocenters. The lowest BCUT2D eigenvalue weighted by Gasteiger charge is -1.91. The Labute approximate surface area is 91.3 Å². The molecule has 11 heavy (non-hydrogen) atoms. The zero-order valence-electron chi connectivity index (χ0n) is 5.46. The van der Waals surface area contributed by atoms with E-state index in [1.807, 2.05) is 10.7 Å². The standard InChI is InChI=1S/C7H4I2N2/c8-5-1-2-6-3-7(9)10-11(6)4-5/h1-4H. The summed E-state index contributed by atoms with van der Waals surface area (Å²) in [7, 11) is 0. The summed E-state index contributed by atoms with van der Waals surface area (Å²) < 4.78 is 4.13. The van der Waals surface area contributed by atoms with Crippen molar-refractivity contribution in [1.29, 1.82) is 0 Å². The number of halogens is 2. The summed E-state index contributed by atoms with van der Waals surface area (Å²) in [4.78, 5) is 0. The molecule has 0 bridgehead atoms. The SMILES string of the molecule is Ic1ccc2cc(I)nn2c1. The van der Waals surface area contributed by atoms with Crippen molar-refractivity contribution in [2.24, 2.45) is 0 Å². The molecule has 0 N–H and O–H groups in total. The van der Waals surface area contributed by atoms with Gasteiger partial charge in [-0.15, -0.1) is 0 Å². The second-order valence-electron chi connectivity index (χ2n) is 2.18. The Hall–Kier alpha value is 0.150. The highest BCUT2D eigenvalue weighted by atomic mass is 127. The largest absolute Gasteiger partial charge is 0.239 e. The lowest BCUT2D eigenvalue weighted by atomic mass is 10.4. The first kappa shape index (κ1) is 7.78. The first-order chi connectivity index (χ1) is 5.25. The van der Waals surface area contributed by atoms with E-state index in [0.29, 0.717) is 0 Å². The molecule has 0 saturated heterocycles. The normalized spacial score (nSPS) is 10.7. The second kappa shape index (κ2) is 2.89. The van der Waals surface area contributed by atoms with Crippen LogP contribution in [-0.4, -0.2) is 9.61 Å². The molecule has 0 saturated carbocycles. The third kappa shape index (κ3) is 1.51. The fourth-order valence-electron chi connectivity index (χ4n) is 0.930. The van der Waals surface area contributed by atoms with Crippen LogP contribution in [0.3, 0.4) is 0 Å². The fourth-order valence-corrected chi connectivity index (χ4v) is 1.93. The molecule has 0 radical (unpaired) electrons. The molecule has 0 unspecified atom stereocenters. The first-order valence-corrected chi connectivity index (χ1v) is 5.22. The van der Waals surface area contributed by atoms with Crippen LogP contribution < -0.4 is 0 Å². The molecular weight excluding hydrogens is 366 g/mol. The summed E-state index contributed by atoms with van der Waals surface area (Å²) in [5, 5.41) is 4.27. The average Bonchev–Trinajstić information content (AvgIpc) is 2.27. The number of fused-ring (bicyclic) bond motifs is 1. The highest BCUT2D eigenvalue weighted by molar-refractivity contribution is 14.1. The minimum atomic E-state index is 1.03. The Balaban J connectivity index is 2.82. The smallest absolute Gasteiger partial charge is 0.124 e. The molecule has 0 aliphatic heterocycles. The van der Waals surface area contributed by atoms with E-state index in [1.54, 1.807) is 0 Å². The molecule has 2 rings (SSSR count). The van der Waals surface area contributed by atoms with Gasteiger partial charge in [-0.3, -0.25) is 0 Å². The number of nitrogens with zero attached hydrogens (tertiary/aromatic N) is 2. The maximum absolute atomic E-state index is 4.27. The van der Waals surface area contributed by atoms with E-state index in [-0.39, 0.29) is 0 Å². The monoisotopic (exact) mass is 370 g/mol. The number of hydrogen-bond donors (Lipinski definition) is 0. The van der Waals surface area contributed by atoms with Gasteiger partial charge in [0.05, 0.1) is 5.52 Å². The van der Waals surface area contributed by atoms with E-state index in [9.17, 15) is 0 Å². The van der Waals surface area contributed by atoms with Gasteiger partial charge in [0.2, 0.25) is 0 Å². The number of aromatic nitrogens is 2. The molecule has 2 heterocycles. The number of pyridine rings is 1. The van der Waals surface area contributed by atoms with Gasteiger partial charge in [-0.1, -0.05) is 0 Å². The van der Waals surface area contributed by atoms with E-state index in [1.165, 1.54) is 3.57 Å². The predicted octanol–water partition coefficient (Wildman–Crippen LogP) is 2.54. The summed E-state index contributed by atoms with van der Waals surface area (Å²) in [5.41, 5.74) is 1.15. The van der Waals surface area contributed by atoms with Crippen LogP contribution in [0, 0.1) is 7.27 Å². The van der Waals surface area contributed by atoms with Crippen LogP contribution in [0.25, 0.3) is 5.52 Å². The highest BCUT2D eigenvalue weighted by Gasteiger charge is 1.96. The molecule has 2 aromatic heterocycles. The summed E-state index contributed by atoms with van der Waals surface area (Å²) in [6.07, 6.45) is 2.01. The van der Waals surface area contributed by atoms with Gasteiger partial charge in [0.15, 0.2) is 0 Å². The average molecular weight is 370 g/mol. The molecule has 0 spiro atoms. The van der Waals surface area contributed by atoms with Crippen LogP contribution in [-0.2, 0) is 0 Å². The van der Waals surface area contributed by atoms with Gasteiger partial charge in [0.25, 0.3) is 0 Å². The lowest BCUT2D eigenvalue weighted by Crippen LogP contribution is -1.86. The van der Waals surface area contributed by atoms with E-state index in [4.69, 9.17) is 0 Å². The topological polar surface area (TPSA) is 17.3 Å². The maximum atomic E-state index is 4.27. The number of rotatable bonds is 0. The first-order valence-electron chi connectivity index (χ1n) is 3.06. The molecular formula is C7H4I2N2. The van der Waals surface area contributed by atoms with E-state index in [2.05, 4.69) is 68.5 Å². The van der Waals surface area contributed by atoms with Gasteiger partial charge in [-0.25, -0.2) is 4.52 Å². The van der Waals surface area contributed by atoms with Crippen LogP contribution in [0.15, 0.2) is 24.4 Å². The van der Waals surface area contributed by atoms with Crippen molar-refractivity contribution in [3.63, 3.8) is 0 Å². The Morgan fingerprint density at radius 2 is 2.09 bits per heavy atom. The Bertz CT molecular complexity index is 394. The minimum absolute atomic E-state index is 1.03. The van der Waals surface area contributed by atoms with Gasteiger partial charge in [-0.2, -0.15) is 5.10 Å². The van der Waals surface area contributed by atoms with Crippen molar-refractivity contribution >= 4 is 50.7 Å². The van der Waals surface area contributed by atoms with E-state index in [0.717, 1.165) is 9.22 Å². The molecule has 4 heteroatoms. The Morgan fingerprint density at radius 3 is 2.91 bits per heavy atom. The molecule has 0 aromatic carbocycles. The van der Waals surface area contributed by atoms with Crippen LogP contribution in [0.1, 0.15) is 0 Å². The highest BCUT2D eigenvalue weighted by Crippen LogP contribution is 2.11. The molecule has 56 valence electrons. The van der Waals surface area contributed by atoms with Gasteiger partial charge in [0, 0.05) is 9.77 Å². The molecule has 0 amide bonds. The molecule has 0 aliphatic rings. The van der Waals surface area contributed by atoms with Crippen molar-refractivity contribution in [1.82, 2.24) is 9.61 Å². The zero-order valence-corrected chi connectivity index (χ0v) is 9.77. The Morgan fingerprint density at radius 1 is 1.27 bits per heavy atom. The van der Waals surface area contributed by atoms with Crippen molar-refractivity contribution in [2.75, 3.05) is 0 Å². The van der Waals surface area contributed by atoms with Crippen molar-refractivity contribution < 1.29 is 0 Å². The van der Waals surface area contributed by atoms with Crippen LogP contribution >= 0.6 is 45.2 Å². The fraction of sp³-hybridized carbons (Fsp3) is 0. The zero-order chi connectivity index (χ0) is 7.84. The van der Waals surface area contributed by atoms with E-state index < -0.39 is 0 Å². The Kier molecular flexibility index (Phi) is 2.04. The van der Waals surface area contributed by atoms with Crippen molar-refractivity contribution in [3.05, 3.63) is 31.7 Å². The lowest BCUT2D eigenvalue weighted by molar-refractivity contribution is 0.940. The van der Waals surface area contributed by atoms with Gasteiger partial charge < -0.3 is 0 Å². The van der Waals surface area contributed by atoms with Crippen LogP contribution in [0.2, 0.25) is 0 Å². The predicted molar refractivity (Wildman–Crippen MR) is 60.6 cm³/mol. The van der Waals surface area contributed by atoms with Gasteiger partial charge in [0.1, 0.15) is 3.70 Å². The molecule has 0 aliphatic carbocycles. The summed E-state index contributed by atoms with van der Waals surface area (Å²) in [5.74, 6) is 0. The quantitative estimate of drug-likeness (QED) is 0.652. The van der Waals surface area contributed by atoms with Crippen LogP contribution in [0.4, 0.5) is 0 Å². The maximum Gasteiger partial charge on any atom is 0.124 e. The summed E-state index contributed by atoms with van der Waals surface area (Å²) >= 11 is 4.48. The summed E-state index contributed by atoms with van der Waals surface area (Å²) in [6.45, 7) is 0. The molecule has 0 fully saturated rings. The van der Waals surface area contributed by atoms with Gasteiger partial charge in [-0.05, 0) is 63.4 Å². The third-order valence-corrected chi connectivity index (χ3v) is 2.56. The number of hydrogen-bond acceptors (Lipinski definition) is 1. The molecule has 2 nitrogen and oxygen atoms in total. The third-order valence-electron chi connectivity index (χ3n) is 1.39. The van der Waals surface area contributed by atoms with E-state index >= 15 is 0 Å². The van der Waals surface area contributed by atoms with Crippen LogP contribution in [0.5, 0.6) is 0 Å². The minimum Gasteiger partial charge on any atom is -0.239 e.